The summed E-state index contributed by atoms with van der Waals surface area (Å²) in [5.41, 5.74) is 0.736. The van der Waals surface area contributed by atoms with E-state index >= 15 is 0 Å². The van der Waals surface area contributed by atoms with E-state index in [-0.39, 0.29) is 53.3 Å². The van der Waals surface area contributed by atoms with Crippen molar-refractivity contribution in [2.24, 2.45) is 0 Å². The third-order valence-electron chi connectivity index (χ3n) is 8.36. The maximum Gasteiger partial charge on any atom is 0.295 e. The van der Waals surface area contributed by atoms with Crippen LogP contribution >= 0.6 is 24.4 Å². The van der Waals surface area contributed by atoms with Gasteiger partial charge in [-0.25, -0.2) is 0 Å². The Morgan fingerprint density at radius 3 is 1.07 bits per heavy atom. The molecule has 0 unspecified atom stereocenters. The van der Waals surface area contributed by atoms with Gasteiger partial charge in [0.2, 0.25) is 0 Å². The summed E-state index contributed by atoms with van der Waals surface area (Å²) in [6, 6.07) is 25.3. The lowest BCUT2D eigenvalue weighted by atomic mass is 10.1. The molecular formula is C36H28N4O12S6. The predicted molar refractivity (Wildman–Crippen MR) is 229 cm³/mol. The molecule has 16 nitrogen and oxygen atoms in total. The molecule has 0 amide bonds. The van der Waals surface area contributed by atoms with E-state index in [1.165, 1.54) is 72.8 Å². The number of hydrogen-bond acceptors (Lipinski definition) is 10. The Labute approximate surface area is 342 Å². The van der Waals surface area contributed by atoms with E-state index < -0.39 is 50.3 Å². The number of hydrogen-bond donors (Lipinski definition) is 8. The highest BCUT2D eigenvalue weighted by molar-refractivity contribution is 7.86. The third-order valence-corrected chi connectivity index (χ3v) is 12.4. The number of rotatable bonds is 10. The SMILES string of the molecule is O=S(=O)(O)c1cc(NC(=S)Nc2ccc(S(=O)(=O)O)c3ccccc23)ccc1/C=C/c1ccc(NC(=S)Nc2ccc(S(=O)(=O)O)c3ccccc23)cc1S(=O)(=O)O. The predicted octanol–water partition coefficient (Wildman–Crippen LogP) is 6.77. The molecule has 0 atom stereocenters. The van der Waals surface area contributed by atoms with Crippen molar-refractivity contribution in [3.05, 3.63) is 120 Å². The number of anilines is 4. The van der Waals surface area contributed by atoms with Crippen molar-refractivity contribution >= 4 is 132 Å². The molecule has 0 spiro atoms. The molecule has 58 heavy (non-hydrogen) atoms. The molecule has 0 aliphatic carbocycles. The molecule has 0 aromatic heterocycles. The first-order valence-corrected chi connectivity index (χ1v) is 22.7. The van der Waals surface area contributed by atoms with Crippen LogP contribution in [0.1, 0.15) is 11.1 Å². The molecule has 6 aromatic carbocycles. The van der Waals surface area contributed by atoms with E-state index in [1.807, 2.05) is 0 Å². The minimum Gasteiger partial charge on any atom is -0.332 e. The zero-order valence-electron chi connectivity index (χ0n) is 29.1. The lowest BCUT2D eigenvalue weighted by Gasteiger charge is -2.15. The summed E-state index contributed by atoms with van der Waals surface area (Å²) in [5, 5.41) is 12.4. The lowest BCUT2D eigenvalue weighted by molar-refractivity contribution is 0.480. The van der Waals surface area contributed by atoms with E-state index in [2.05, 4.69) is 21.3 Å². The van der Waals surface area contributed by atoms with Crippen molar-refractivity contribution in [3.63, 3.8) is 0 Å². The molecule has 6 rings (SSSR count). The van der Waals surface area contributed by atoms with Crippen molar-refractivity contribution in [2.75, 3.05) is 21.3 Å². The number of benzene rings is 6. The number of nitrogens with one attached hydrogen (secondary N) is 4. The maximum absolute atomic E-state index is 12.5. The van der Waals surface area contributed by atoms with Gasteiger partial charge in [0.05, 0.1) is 0 Å². The second-order valence-electron chi connectivity index (χ2n) is 12.2. The zero-order chi connectivity index (χ0) is 42.2. The van der Waals surface area contributed by atoms with E-state index in [9.17, 15) is 51.9 Å². The normalized spacial score (nSPS) is 12.4. The van der Waals surface area contributed by atoms with Crippen LogP contribution in [0.25, 0.3) is 33.7 Å². The van der Waals surface area contributed by atoms with Crippen LogP contribution in [-0.2, 0) is 40.5 Å². The van der Waals surface area contributed by atoms with Crippen molar-refractivity contribution in [2.45, 2.75) is 19.6 Å². The van der Waals surface area contributed by atoms with Crippen molar-refractivity contribution in [1.82, 2.24) is 0 Å². The van der Waals surface area contributed by atoms with Crippen LogP contribution in [0.4, 0.5) is 22.7 Å². The van der Waals surface area contributed by atoms with Crippen LogP contribution in [0, 0.1) is 0 Å². The summed E-state index contributed by atoms with van der Waals surface area (Å²) in [5.74, 6) is 0. The van der Waals surface area contributed by atoms with Crippen LogP contribution in [0.5, 0.6) is 0 Å². The van der Waals surface area contributed by atoms with Gasteiger partial charge in [-0.15, -0.1) is 0 Å². The van der Waals surface area contributed by atoms with E-state index in [1.54, 1.807) is 36.4 Å². The standard InChI is InChI=1S/C36H28N4O12S6/c41-55(42,43)31-17-15-29(25-5-1-3-7-27(25)31)39-35(53)37-23-13-11-21(33(19-23)57(47,48)49)9-10-22-12-14-24(20-34(22)58(50,51)52)38-36(54)40-30-16-18-32(56(44,45)46)28-8-4-2-6-26(28)30/h1-20H,(H2,37,39,53)(H2,38,40,54)(H,41,42,43)(H,44,45,46)(H,47,48,49)(H,50,51,52)/b10-9+. The molecular weight excluding hydrogens is 873 g/mol. The molecule has 0 radical (unpaired) electrons. The molecule has 8 N–H and O–H groups in total. The molecule has 0 bridgehead atoms. The molecule has 22 heteroatoms. The average molecular weight is 901 g/mol. The first kappa shape index (κ1) is 42.2. The minimum atomic E-state index is -4.89. The van der Waals surface area contributed by atoms with Gasteiger partial charge < -0.3 is 21.3 Å². The van der Waals surface area contributed by atoms with Crippen molar-refractivity contribution in [1.29, 1.82) is 0 Å². The van der Waals surface area contributed by atoms with Gasteiger partial charge in [0.15, 0.2) is 10.2 Å². The summed E-state index contributed by atoms with van der Waals surface area (Å²) in [4.78, 5) is -1.83. The number of thiocarbonyl (C=S) groups is 2. The van der Waals surface area contributed by atoms with E-state index in [4.69, 9.17) is 24.4 Å². The second-order valence-corrected chi connectivity index (χ2v) is 18.6. The molecule has 0 fully saturated rings. The van der Waals surface area contributed by atoms with Crippen LogP contribution in [0.15, 0.2) is 129 Å². The van der Waals surface area contributed by atoms with Gasteiger partial charge in [0.1, 0.15) is 19.6 Å². The fraction of sp³-hybridized carbons (Fsp3) is 0. The number of fused-ring (bicyclic) bond motifs is 2. The maximum atomic E-state index is 12.5. The fourth-order valence-electron chi connectivity index (χ4n) is 5.91. The summed E-state index contributed by atoms with van der Waals surface area (Å²) in [6.45, 7) is 0. The minimum absolute atomic E-state index is 0.0566. The first-order valence-electron chi connectivity index (χ1n) is 16.2. The van der Waals surface area contributed by atoms with Crippen LogP contribution in [0.2, 0.25) is 0 Å². The zero-order valence-corrected chi connectivity index (χ0v) is 34.0. The van der Waals surface area contributed by atoms with Crippen LogP contribution < -0.4 is 21.3 Å². The van der Waals surface area contributed by atoms with Crippen molar-refractivity contribution < 1.29 is 51.9 Å². The van der Waals surface area contributed by atoms with Gasteiger partial charge in [-0.05, 0) is 84.1 Å². The molecule has 0 aliphatic rings. The Kier molecular flexibility index (Phi) is 11.7. The van der Waals surface area contributed by atoms with Gasteiger partial charge in [0, 0.05) is 44.3 Å². The molecule has 6 aromatic rings. The highest BCUT2D eigenvalue weighted by atomic mass is 32.2. The lowest BCUT2D eigenvalue weighted by Crippen LogP contribution is -2.19. The van der Waals surface area contributed by atoms with Gasteiger partial charge in [-0.3, -0.25) is 18.2 Å². The van der Waals surface area contributed by atoms with E-state index in [0.717, 1.165) is 12.1 Å². The highest BCUT2D eigenvalue weighted by Crippen LogP contribution is 2.32. The third kappa shape index (κ3) is 9.65. The largest absolute Gasteiger partial charge is 0.332 e. The Bertz CT molecular complexity index is 2960. The van der Waals surface area contributed by atoms with E-state index in [0.29, 0.717) is 22.1 Å². The molecule has 300 valence electrons. The Morgan fingerprint density at radius 2 is 0.741 bits per heavy atom. The van der Waals surface area contributed by atoms with Crippen LogP contribution in [0.3, 0.4) is 0 Å². The molecule has 0 saturated heterocycles. The topological polar surface area (TPSA) is 266 Å². The Morgan fingerprint density at radius 1 is 0.414 bits per heavy atom. The Balaban J connectivity index is 1.22. The first-order chi connectivity index (χ1) is 27.1. The quantitative estimate of drug-likeness (QED) is 0.0400. The fourth-order valence-corrected chi connectivity index (χ4v) is 9.17. The smallest absolute Gasteiger partial charge is 0.295 e. The van der Waals surface area contributed by atoms with Gasteiger partial charge in [-0.1, -0.05) is 72.8 Å². The monoisotopic (exact) mass is 900 g/mol. The van der Waals surface area contributed by atoms with Gasteiger partial charge >= 0.3 is 0 Å². The highest BCUT2D eigenvalue weighted by Gasteiger charge is 2.20. The molecule has 0 heterocycles. The average Bonchev–Trinajstić information content (AvgIpc) is 3.13. The van der Waals surface area contributed by atoms with Gasteiger partial charge in [-0.2, -0.15) is 33.7 Å². The molecule has 0 saturated carbocycles. The van der Waals surface area contributed by atoms with Gasteiger partial charge in [0.25, 0.3) is 40.5 Å². The van der Waals surface area contributed by atoms with Crippen LogP contribution in [-0.4, -0.2) is 62.1 Å². The summed E-state index contributed by atoms with van der Waals surface area (Å²) in [6.07, 6.45) is 2.38. The second kappa shape index (κ2) is 16.1. The summed E-state index contributed by atoms with van der Waals surface area (Å²) >= 11 is 10.8. The molecule has 0 aliphatic heterocycles. The summed E-state index contributed by atoms with van der Waals surface area (Å²) < 4.78 is 137. The van der Waals surface area contributed by atoms with Crippen molar-refractivity contribution in [3.8, 4) is 0 Å². The Hall–Kier alpha value is -5.40. The summed E-state index contributed by atoms with van der Waals surface area (Å²) in [7, 11) is -18.9.